The maximum atomic E-state index is 9.40. The number of fused-ring (bicyclic) bond motifs is 1. The Morgan fingerprint density at radius 2 is 2.17 bits per heavy atom. The summed E-state index contributed by atoms with van der Waals surface area (Å²) in [5.74, 6) is 0.585. The van der Waals surface area contributed by atoms with Crippen molar-refractivity contribution in [2.75, 3.05) is 18.7 Å². The number of hydrogen-bond acceptors (Lipinski definition) is 4. The van der Waals surface area contributed by atoms with Gasteiger partial charge in [-0.05, 0) is 0 Å². The molecule has 1 aliphatic rings. The third kappa shape index (κ3) is 0.845. The Morgan fingerprint density at radius 1 is 1.42 bits per heavy atom. The molecule has 2 N–H and O–H groups in total. The van der Waals surface area contributed by atoms with E-state index in [1.54, 1.807) is 4.90 Å². The highest BCUT2D eigenvalue weighted by Crippen LogP contribution is 2.43. The average molecular weight is 167 g/mol. The molecule has 1 aromatic rings. The molecule has 2 rings (SSSR count). The van der Waals surface area contributed by atoms with E-state index in [1.165, 1.54) is 12.1 Å². The number of rotatable bonds is 0. The van der Waals surface area contributed by atoms with E-state index < -0.39 is 0 Å². The first-order valence-corrected chi connectivity index (χ1v) is 3.58. The highest BCUT2D eigenvalue weighted by atomic mass is 16.5. The molecule has 0 saturated heterocycles. The predicted molar refractivity (Wildman–Crippen MR) is 43.7 cm³/mol. The minimum absolute atomic E-state index is 0.0153. The minimum Gasteiger partial charge on any atom is -0.508 e. The Morgan fingerprint density at radius 3 is 2.92 bits per heavy atom. The smallest absolute Gasteiger partial charge is 0.161 e. The lowest BCUT2D eigenvalue weighted by Gasteiger charge is -2.09. The minimum atomic E-state index is 0.0153. The van der Waals surface area contributed by atoms with Crippen molar-refractivity contribution in [2.24, 2.45) is 0 Å². The lowest BCUT2D eigenvalue weighted by molar-refractivity contribution is 0.351. The number of aromatic hydroxyl groups is 2. The van der Waals surface area contributed by atoms with Gasteiger partial charge in [0.2, 0.25) is 0 Å². The summed E-state index contributed by atoms with van der Waals surface area (Å²) >= 11 is 0. The zero-order valence-electron chi connectivity index (χ0n) is 6.61. The number of hydrogen-bond donors (Lipinski definition) is 2. The topological polar surface area (TPSA) is 52.9 Å². The number of anilines is 1. The molecule has 0 atom stereocenters. The summed E-state index contributed by atoms with van der Waals surface area (Å²) in [6.07, 6.45) is 0. The van der Waals surface area contributed by atoms with Crippen LogP contribution >= 0.6 is 0 Å². The molecule has 1 heterocycles. The van der Waals surface area contributed by atoms with Crippen LogP contribution in [0.2, 0.25) is 0 Å². The van der Waals surface area contributed by atoms with Crippen molar-refractivity contribution in [2.45, 2.75) is 0 Å². The Hall–Kier alpha value is -1.58. The average Bonchev–Trinajstić information content (AvgIpc) is 2.31. The lowest BCUT2D eigenvalue weighted by atomic mass is 10.2. The van der Waals surface area contributed by atoms with Gasteiger partial charge < -0.3 is 19.8 Å². The summed E-state index contributed by atoms with van der Waals surface area (Å²) in [5, 5.41) is 18.5. The first-order chi connectivity index (χ1) is 5.68. The standard InChI is InChI=1S/C8H9NO3/c1-9-4-12-7-3-5(10)2-6(11)8(7)9/h2-3,10-11H,4H2,1H3. The van der Waals surface area contributed by atoms with Crippen LogP contribution in [-0.4, -0.2) is 24.0 Å². The van der Waals surface area contributed by atoms with E-state index in [1.807, 2.05) is 7.05 Å². The van der Waals surface area contributed by atoms with Gasteiger partial charge in [-0.2, -0.15) is 0 Å². The molecule has 0 radical (unpaired) electrons. The van der Waals surface area contributed by atoms with Gasteiger partial charge >= 0.3 is 0 Å². The Labute approximate surface area is 69.6 Å². The molecule has 0 saturated carbocycles. The van der Waals surface area contributed by atoms with Crippen LogP contribution in [0.1, 0.15) is 0 Å². The zero-order chi connectivity index (χ0) is 8.72. The van der Waals surface area contributed by atoms with E-state index in [4.69, 9.17) is 9.84 Å². The second-order valence-corrected chi connectivity index (χ2v) is 2.78. The molecule has 0 aromatic heterocycles. The highest BCUT2D eigenvalue weighted by Gasteiger charge is 2.21. The largest absolute Gasteiger partial charge is 0.508 e. The van der Waals surface area contributed by atoms with Crippen molar-refractivity contribution < 1.29 is 14.9 Å². The highest BCUT2D eigenvalue weighted by molar-refractivity contribution is 5.71. The van der Waals surface area contributed by atoms with Crippen molar-refractivity contribution in [3.05, 3.63) is 12.1 Å². The SMILES string of the molecule is CN1COc2cc(O)cc(O)c21. The molecule has 0 bridgehead atoms. The third-order valence-electron chi connectivity index (χ3n) is 1.84. The van der Waals surface area contributed by atoms with Crippen LogP contribution in [0.25, 0.3) is 0 Å². The molecule has 12 heavy (non-hydrogen) atoms. The van der Waals surface area contributed by atoms with E-state index >= 15 is 0 Å². The van der Waals surface area contributed by atoms with Crippen molar-refractivity contribution in [1.29, 1.82) is 0 Å². The van der Waals surface area contributed by atoms with Crippen LogP contribution in [0.3, 0.4) is 0 Å². The normalized spacial score (nSPS) is 14.2. The number of phenolic OH excluding ortho intramolecular Hbond substituents is 2. The maximum Gasteiger partial charge on any atom is 0.161 e. The summed E-state index contributed by atoms with van der Waals surface area (Å²) in [6.45, 7) is 0.409. The molecule has 4 nitrogen and oxygen atoms in total. The molecule has 0 unspecified atom stereocenters. The summed E-state index contributed by atoms with van der Waals surface area (Å²) in [6, 6.07) is 2.78. The molecule has 64 valence electrons. The van der Waals surface area contributed by atoms with Crippen LogP contribution in [0.15, 0.2) is 12.1 Å². The first kappa shape index (κ1) is 7.09. The fourth-order valence-electron chi connectivity index (χ4n) is 1.30. The molecule has 1 aromatic carbocycles. The maximum absolute atomic E-state index is 9.40. The van der Waals surface area contributed by atoms with Gasteiger partial charge in [-0.25, -0.2) is 0 Å². The summed E-state index contributed by atoms with van der Waals surface area (Å²) in [5.41, 5.74) is 0.632. The fourth-order valence-corrected chi connectivity index (χ4v) is 1.30. The number of benzene rings is 1. The molecule has 4 heteroatoms. The van der Waals surface area contributed by atoms with Crippen LogP contribution in [-0.2, 0) is 0 Å². The Bertz CT molecular complexity index is 324. The van der Waals surface area contributed by atoms with Crippen molar-refractivity contribution >= 4 is 5.69 Å². The second kappa shape index (κ2) is 2.20. The summed E-state index contributed by atoms with van der Waals surface area (Å²) < 4.78 is 5.18. The van der Waals surface area contributed by atoms with Crippen molar-refractivity contribution in [3.63, 3.8) is 0 Å². The Balaban J connectivity index is 2.60. The van der Waals surface area contributed by atoms with Gasteiger partial charge in [0.05, 0.1) is 0 Å². The predicted octanol–water partition coefficient (Wildman–Crippen LogP) is 0.884. The quantitative estimate of drug-likeness (QED) is 0.602. The van der Waals surface area contributed by atoms with Gasteiger partial charge in [-0.3, -0.25) is 0 Å². The Kier molecular flexibility index (Phi) is 1.30. The zero-order valence-corrected chi connectivity index (χ0v) is 6.61. The molecule has 0 fully saturated rings. The molecule has 1 aliphatic heterocycles. The van der Waals surface area contributed by atoms with E-state index in [0.717, 1.165) is 0 Å². The molecular formula is C8H9NO3. The van der Waals surface area contributed by atoms with Crippen molar-refractivity contribution in [1.82, 2.24) is 0 Å². The van der Waals surface area contributed by atoms with Gasteiger partial charge in [0.1, 0.15) is 17.2 Å². The van der Waals surface area contributed by atoms with E-state index in [-0.39, 0.29) is 11.5 Å². The number of nitrogens with zero attached hydrogens (tertiary/aromatic N) is 1. The molecule has 0 aliphatic carbocycles. The van der Waals surface area contributed by atoms with Gasteiger partial charge in [0, 0.05) is 19.2 Å². The van der Waals surface area contributed by atoms with Gasteiger partial charge in [0.25, 0.3) is 0 Å². The van der Waals surface area contributed by atoms with Gasteiger partial charge in [-0.1, -0.05) is 0 Å². The lowest BCUT2D eigenvalue weighted by Crippen LogP contribution is -2.14. The summed E-state index contributed by atoms with van der Waals surface area (Å²) in [4.78, 5) is 1.77. The van der Waals surface area contributed by atoms with Crippen LogP contribution in [0.5, 0.6) is 17.2 Å². The molecule has 0 spiro atoms. The fraction of sp³-hybridized carbons (Fsp3) is 0.250. The number of ether oxygens (including phenoxy) is 1. The van der Waals surface area contributed by atoms with Crippen LogP contribution in [0.4, 0.5) is 5.69 Å². The number of phenols is 2. The summed E-state index contributed by atoms with van der Waals surface area (Å²) in [7, 11) is 1.81. The van der Waals surface area contributed by atoms with E-state index in [9.17, 15) is 5.11 Å². The second-order valence-electron chi connectivity index (χ2n) is 2.78. The van der Waals surface area contributed by atoms with Gasteiger partial charge in [0.15, 0.2) is 12.5 Å². The first-order valence-electron chi connectivity index (χ1n) is 3.58. The van der Waals surface area contributed by atoms with Crippen molar-refractivity contribution in [3.8, 4) is 17.2 Å². The van der Waals surface area contributed by atoms with E-state index in [2.05, 4.69) is 0 Å². The monoisotopic (exact) mass is 167 g/mol. The molecular weight excluding hydrogens is 158 g/mol. The third-order valence-corrected chi connectivity index (χ3v) is 1.84. The van der Waals surface area contributed by atoms with Crippen LogP contribution < -0.4 is 9.64 Å². The van der Waals surface area contributed by atoms with Crippen LogP contribution in [0, 0.1) is 0 Å². The van der Waals surface area contributed by atoms with E-state index in [0.29, 0.717) is 18.2 Å². The molecule has 0 amide bonds. The van der Waals surface area contributed by atoms with Gasteiger partial charge in [-0.15, -0.1) is 0 Å².